The van der Waals surface area contributed by atoms with E-state index < -0.39 is 4.92 Å². The Kier molecular flexibility index (Phi) is 5.41. The summed E-state index contributed by atoms with van der Waals surface area (Å²) in [6, 6.07) is 11.7. The fraction of sp³-hybridized carbons (Fsp3) is 0.235. The molecule has 24 heavy (non-hydrogen) atoms. The zero-order valence-corrected chi connectivity index (χ0v) is 14.4. The van der Waals surface area contributed by atoms with Crippen LogP contribution in [0.25, 0.3) is 0 Å². The maximum absolute atomic E-state index is 12.5. The summed E-state index contributed by atoms with van der Waals surface area (Å²) in [7, 11) is 5.54. The number of amides is 1. The molecule has 0 aliphatic carbocycles. The number of nitrogens with zero attached hydrogens (tertiary/aromatic N) is 3. The molecule has 0 heterocycles. The van der Waals surface area contributed by atoms with E-state index in [4.69, 9.17) is 11.6 Å². The molecule has 0 unspecified atom stereocenters. The van der Waals surface area contributed by atoms with Crippen LogP contribution >= 0.6 is 11.6 Å². The molecule has 2 aromatic rings. The molecular formula is C17H18ClN3O3. The third kappa shape index (κ3) is 4.02. The highest BCUT2D eigenvalue weighted by Crippen LogP contribution is 2.24. The second-order valence-corrected chi connectivity index (χ2v) is 6.05. The molecule has 7 heteroatoms. The lowest BCUT2D eigenvalue weighted by Gasteiger charge is -2.19. The van der Waals surface area contributed by atoms with Crippen molar-refractivity contribution in [3.8, 4) is 0 Å². The number of hydrogen-bond acceptors (Lipinski definition) is 4. The fourth-order valence-electron chi connectivity index (χ4n) is 2.24. The van der Waals surface area contributed by atoms with Gasteiger partial charge in [-0.3, -0.25) is 14.9 Å². The quantitative estimate of drug-likeness (QED) is 0.612. The molecule has 6 nitrogen and oxygen atoms in total. The van der Waals surface area contributed by atoms with E-state index in [1.54, 1.807) is 7.05 Å². The van der Waals surface area contributed by atoms with E-state index in [1.165, 1.54) is 23.1 Å². The second kappa shape index (κ2) is 7.31. The topological polar surface area (TPSA) is 66.7 Å². The van der Waals surface area contributed by atoms with Gasteiger partial charge in [0.25, 0.3) is 11.6 Å². The van der Waals surface area contributed by atoms with Crippen LogP contribution in [-0.4, -0.2) is 36.9 Å². The van der Waals surface area contributed by atoms with Gasteiger partial charge in [0.2, 0.25) is 0 Å². The SMILES string of the molecule is CN(Cc1ccc(N(C)C)cc1)C(=O)c1cc([N+](=O)[O-])ccc1Cl. The van der Waals surface area contributed by atoms with E-state index in [-0.39, 0.29) is 22.2 Å². The Morgan fingerprint density at radius 1 is 1.12 bits per heavy atom. The number of anilines is 1. The van der Waals surface area contributed by atoms with Crippen LogP contribution in [0.5, 0.6) is 0 Å². The number of carbonyl (C=O) groups is 1. The van der Waals surface area contributed by atoms with Gasteiger partial charge in [0.05, 0.1) is 15.5 Å². The maximum Gasteiger partial charge on any atom is 0.270 e. The Morgan fingerprint density at radius 3 is 2.29 bits per heavy atom. The monoisotopic (exact) mass is 347 g/mol. The van der Waals surface area contributed by atoms with Gasteiger partial charge >= 0.3 is 0 Å². The lowest BCUT2D eigenvalue weighted by molar-refractivity contribution is -0.384. The van der Waals surface area contributed by atoms with E-state index in [2.05, 4.69) is 0 Å². The summed E-state index contributed by atoms with van der Waals surface area (Å²) in [5.74, 6) is -0.361. The Morgan fingerprint density at radius 2 is 1.75 bits per heavy atom. The molecule has 0 spiro atoms. The molecule has 0 aliphatic heterocycles. The van der Waals surface area contributed by atoms with Crippen LogP contribution in [0.3, 0.4) is 0 Å². The van der Waals surface area contributed by atoms with Crippen LogP contribution in [0.1, 0.15) is 15.9 Å². The first-order chi connectivity index (χ1) is 11.3. The number of non-ortho nitro benzene ring substituents is 1. The summed E-state index contributed by atoms with van der Waals surface area (Å²) in [6.07, 6.45) is 0. The van der Waals surface area contributed by atoms with Crippen molar-refractivity contribution in [3.05, 3.63) is 68.7 Å². The zero-order chi connectivity index (χ0) is 17.9. The summed E-state index contributed by atoms with van der Waals surface area (Å²) in [6.45, 7) is 0.381. The number of hydrogen-bond donors (Lipinski definition) is 0. The lowest BCUT2D eigenvalue weighted by atomic mass is 10.1. The third-order valence-corrected chi connectivity index (χ3v) is 3.94. The standard InChI is InChI=1S/C17H18ClN3O3/c1-19(2)13-6-4-12(5-7-13)11-20(3)17(22)15-10-14(21(23)24)8-9-16(15)18/h4-10H,11H2,1-3H3. The molecule has 0 saturated heterocycles. The van der Waals surface area contributed by atoms with E-state index in [1.807, 2.05) is 43.3 Å². The molecule has 2 aromatic carbocycles. The maximum atomic E-state index is 12.5. The number of nitro groups is 1. The molecule has 0 N–H and O–H groups in total. The Hall–Kier alpha value is -2.60. The van der Waals surface area contributed by atoms with Crippen LogP contribution < -0.4 is 4.90 Å². The highest BCUT2D eigenvalue weighted by atomic mass is 35.5. The Balaban J connectivity index is 2.17. The number of rotatable bonds is 5. The van der Waals surface area contributed by atoms with Crippen molar-refractivity contribution in [2.75, 3.05) is 26.0 Å². The molecule has 0 aromatic heterocycles. The van der Waals surface area contributed by atoms with Crippen LogP contribution in [0.15, 0.2) is 42.5 Å². The predicted octanol–water partition coefficient (Wildman–Crippen LogP) is 3.59. The number of nitro benzene ring substituents is 1. The summed E-state index contributed by atoms with van der Waals surface area (Å²) < 4.78 is 0. The van der Waals surface area contributed by atoms with Crippen LogP contribution in [-0.2, 0) is 6.54 Å². The molecule has 126 valence electrons. The molecule has 0 bridgehead atoms. The lowest BCUT2D eigenvalue weighted by Crippen LogP contribution is -2.26. The molecule has 0 saturated carbocycles. The average Bonchev–Trinajstić information content (AvgIpc) is 2.54. The van der Waals surface area contributed by atoms with Crippen molar-refractivity contribution in [2.24, 2.45) is 0 Å². The first-order valence-corrected chi connectivity index (χ1v) is 7.63. The van der Waals surface area contributed by atoms with Gasteiger partial charge in [0.15, 0.2) is 0 Å². The molecule has 0 fully saturated rings. The molecule has 2 rings (SSSR count). The van der Waals surface area contributed by atoms with E-state index in [9.17, 15) is 14.9 Å². The molecule has 0 radical (unpaired) electrons. The fourth-order valence-corrected chi connectivity index (χ4v) is 2.44. The Labute approximate surface area is 145 Å². The molecular weight excluding hydrogens is 330 g/mol. The third-order valence-electron chi connectivity index (χ3n) is 3.61. The number of carbonyl (C=O) groups excluding carboxylic acids is 1. The normalized spacial score (nSPS) is 10.3. The highest BCUT2D eigenvalue weighted by Gasteiger charge is 2.19. The van der Waals surface area contributed by atoms with Crippen molar-refractivity contribution in [1.29, 1.82) is 0 Å². The van der Waals surface area contributed by atoms with E-state index in [0.717, 1.165) is 11.3 Å². The smallest absolute Gasteiger partial charge is 0.270 e. The predicted molar refractivity (Wildman–Crippen MR) is 94.7 cm³/mol. The van der Waals surface area contributed by atoms with Gasteiger partial charge in [-0.05, 0) is 23.8 Å². The number of halogens is 1. The summed E-state index contributed by atoms with van der Waals surface area (Å²) in [5, 5.41) is 11.1. The second-order valence-electron chi connectivity index (χ2n) is 5.64. The van der Waals surface area contributed by atoms with Crippen molar-refractivity contribution in [3.63, 3.8) is 0 Å². The van der Waals surface area contributed by atoms with Gasteiger partial charge in [-0.2, -0.15) is 0 Å². The minimum absolute atomic E-state index is 0.123. The molecule has 0 aliphatic rings. The van der Waals surface area contributed by atoms with Gasteiger partial charge in [-0.25, -0.2) is 0 Å². The minimum Gasteiger partial charge on any atom is -0.378 e. The first-order valence-electron chi connectivity index (χ1n) is 7.25. The van der Waals surface area contributed by atoms with Crippen molar-refractivity contribution >= 4 is 28.9 Å². The zero-order valence-electron chi connectivity index (χ0n) is 13.7. The molecule has 0 atom stereocenters. The van der Waals surface area contributed by atoms with Gasteiger partial charge in [-0.15, -0.1) is 0 Å². The summed E-state index contributed by atoms with van der Waals surface area (Å²) >= 11 is 6.02. The van der Waals surface area contributed by atoms with Gasteiger partial charge in [0, 0.05) is 45.5 Å². The summed E-state index contributed by atoms with van der Waals surface area (Å²) in [4.78, 5) is 26.3. The summed E-state index contributed by atoms with van der Waals surface area (Å²) in [5.41, 5.74) is 1.98. The van der Waals surface area contributed by atoms with Gasteiger partial charge in [0.1, 0.15) is 0 Å². The number of benzene rings is 2. The average molecular weight is 348 g/mol. The van der Waals surface area contributed by atoms with Crippen LogP contribution in [0.2, 0.25) is 5.02 Å². The van der Waals surface area contributed by atoms with Crippen molar-refractivity contribution in [2.45, 2.75) is 6.54 Å². The van der Waals surface area contributed by atoms with Crippen molar-refractivity contribution < 1.29 is 9.72 Å². The minimum atomic E-state index is -0.549. The van der Waals surface area contributed by atoms with Crippen LogP contribution in [0.4, 0.5) is 11.4 Å². The largest absolute Gasteiger partial charge is 0.378 e. The van der Waals surface area contributed by atoms with Gasteiger partial charge < -0.3 is 9.80 Å². The first kappa shape index (κ1) is 17.7. The van der Waals surface area contributed by atoms with E-state index in [0.29, 0.717) is 6.54 Å². The molecule has 1 amide bonds. The van der Waals surface area contributed by atoms with E-state index >= 15 is 0 Å². The van der Waals surface area contributed by atoms with Crippen LogP contribution in [0, 0.1) is 10.1 Å². The van der Waals surface area contributed by atoms with Crippen molar-refractivity contribution in [1.82, 2.24) is 4.90 Å². The van der Waals surface area contributed by atoms with Gasteiger partial charge in [-0.1, -0.05) is 23.7 Å². The highest BCUT2D eigenvalue weighted by molar-refractivity contribution is 6.33. The Bertz CT molecular complexity index is 760.